The van der Waals surface area contributed by atoms with Gasteiger partial charge in [-0.15, -0.1) is 0 Å². The maximum atomic E-state index is 12.6. The van der Waals surface area contributed by atoms with E-state index in [2.05, 4.69) is 4.90 Å². The van der Waals surface area contributed by atoms with Crippen molar-refractivity contribution in [2.45, 2.75) is 25.6 Å². The Hall–Kier alpha value is -1.43. The largest absolute Gasteiger partial charge is 0.392 e. The van der Waals surface area contributed by atoms with Gasteiger partial charge in [-0.1, -0.05) is 37.3 Å². The molecule has 0 bridgehead atoms. The number of amides is 1. The van der Waals surface area contributed by atoms with Crippen molar-refractivity contribution < 1.29 is 14.6 Å². The summed E-state index contributed by atoms with van der Waals surface area (Å²) >= 11 is 0. The fourth-order valence-corrected chi connectivity index (χ4v) is 2.75. The summed E-state index contributed by atoms with van der Waals surface area (Å²) in [5.74, 6) is 0.0180. The highest BCUT2D eigenvalue weighted by Gasteiger charge is 2.28. The van der Waals surface area contributed by atoms with E-state index < -0.39 is 6.10 Å². The quantitative estimate of drug-likeness (QED) is 0.860. The normalized spacial score (nSPS) is 19.0. The molecule has 1 aliphatic heterocycles. The summed E-state index contributed by atoms with van der Waals surface area (Å²) in [5, 5.41) is 9.72. The molecule has 122 valence electrons. The van der Waals surface area contributed by atoms with Crippen LogP contribution in [0.2, 0.25) is 0 Å². The number of hydrogen-bond acceptors (Lipinski definition) is 4. The first-order chi connectivity index (χ1) is 10.7. The first-order valence-electron chi connectivity index (χ1n) is 7.92. The lowest BCUT2D eigenvalue weighted by Crippen LogP contribution is -2.51. The van der Waals surface area contributed by atoms with Crippen LogP contribution in [0.1, 0.15) is 25.0 Å². The second kappa shape index (κ2) is 8.27. The van der Waals surface area contributed by atoms with Crippen LogP contribution in [0.15, 0.2) is 30.3 Å². The summed E-state index contributed by atoms with van der Waals surface area (Å²) in [6.45, 7) is 5.63. The van der Waals surface area contributed by atoms with Gasteiger partial charge in [-0.05, 0) is 12.0 Å². The summed E-state index contributed by atoms with van der Waals surface area (Å²) in [5.41, 5.74) is 0.888. The average Bonchev–Trinajstić information content (AvgIpc) is 2.57. The lowest BCUT2D eigenvalue weighted by Gasteiger charge is -2.36. The summed E-state index contributed by atoms with van der Waals surface area (Å²) in [4.78, 5) is 16.7. The number of hydrogen-bond donors (Lipinski definition) is 1. The van der Waals surface area contributed by atoms with Crippen LogP contribution in [0, 0.1) is 0 Å². The van der Waals surface area contributed by atoms with Gasteiger partial charge in [0.1, 0.15) is 0 Å². The monoisotopic (exact) mass is 306 g/mol. The van der Waals surface area contributed by atoms with Crippen LogP contribution < -0.4 is 0 Å². The zero-order chi connectivity index (χ0) is 15.9. The molecule has 0 radical (unpaired) electrons. The lowest BCUT2D eigenvalue weighted by molar-refractivity contribution is -0.144. The highest BCUT2D eigenvalue weighted by atomic mass is 16.5. The molecule has 2 atom stereocenters. The number of ether oxygens (including phenoxy) is 1. The van der Waals surface area contributed by atoms with Crippen molar-refractivity contribution in [2.24, 2.45) is 0 Å². The van der Waals surface area contributed by atoms with E-state index in [0.29, 0.717) is 19.6 Å². The fourth-order valence-electron chi connectivity index (χ4n) is 2.75. The van der Waals surface area contributed by atoms with Crippen molar-refractivity contribution in [3.8, 4) is 0 Å². The number of carbonyl (C=O) groups is 1. The highest BCUT2D eigenvalue weighted by molar-refractivity contribution is 5.82. The summed E-state index contributed by atoms with van der Waals surface area (Å²) in [6.07, 6.45) is -0.0499. The first-order valence-corrected chi connectivity index (χ1v) is 7.92. The van der Waals surface area contributed by atoms with Crippen LogP contribution in [0.5, 0.6) is 0 Å². The zero-order valence-corrected chi connectivity index (χ0v) is 13.4. The summed E-state index contributed by atoms with van der Waals surface area (Å²) in [7, 11) is 1.57. The molecule has 0 spiro atoms. The number of β-amino-alcohol motifs (C(OH)–C–C–N with tert-alkyl or cyclic N) is 1. The van der Waals surface area contributed by atoms with Crippen LogP contribution in [0.4, 0.5) is 0 Å². The second-order valence-electron chi connectivity index (χ2n) is 5.71. The Kier molecular flexibility index (Phi) is 6.36. The van der Waals surface area contributed by atoms with Crippen LogP contribution in [0.25, 0.3) is 0 Å². The molecule has 1 aliphatic rings. The zero-order valence-electron chi connectivity index (χ0n) is 13.4. The molecule has 1 amide bonds. The van der Waals surface area contributed by atoms with E-state index in [1.54, 1.807) is 7.11 Å². The number of carbonyl (C=O) groups excluding carboxylic acids is 1. The molecule has 1 aromatic carbocycles. The number of nitrogens with zero attached hydrogens (tertiary/aromatic N) is 2. The highest BCUT2D eigenvalue weighted by Crippen LogP contribution is 2.20. The molecular weight excluding hydrogens is 280 g/mol. The number of aliphatic hydroxyl groups excluding tert-OH is 1. The Balaban J connectivity index is 1.91. The smallest absolute Gasteiger partial charge is 0.256 e. The number of aliphatic hydroxyl groups is 1. The molecule has 0 unspecified atom stereocenters. The van der Waals surface area contributed by atoms with E-state index in [0.717, 1.165) is 25.1 Å². The molecule has 0 aliphatic carbocycles. The summed E-state index contributed by atoms with van der Waals surface area (Å²) < 4.78 is 5.42. The molecule has 1 saturated heterocycles. The molecule has 0 aromatic heterocycles. The number of methoxy groups -OCH3 is 1. The van der Waals surface area contributed by atoms with Gasteiger partial charge in [-0.2, -0.15) is 0 Å². The van der Waals surface area contributed by atoms with E-state index in [9.17, 15) is 9.90 Å². The van der Waals surface area contributed by atoms with Gasteiger partial charge in [0.05, 0.1) is 6.10 Å². The van der Waals surface area contributed by atoms with Crippen LogP contribution in [0.3, 0.4) is 0 Å². The van der Waals surface area contributed by atoms with Crippen molar-refractivity contribution in [1.29, 1.82) is 0 Å². The minimum atomic E-state index is -0.533. The molecule has 5 heteroatoms. The molecule has 1 N–H and O–H groups in total. The van der Waals surface area contributed by atoms with Crippen LogP contribution in [-0.4, -0.2) is 66.8 Å². The van der Waals surface area contributed by atoms with Crippen molar-refractivity contribution in [2.75, 3.05) is 39.8 Å². The maximum absolute atomic E-state index is 12.6. The van der Waals surface area contributed by atoms with Gasteiger partial charge in [-0.25, -0.2) is 0 Å². The molecule has 1 heterocycles. The molecule has 1 aromatic rings. The molecular formula is C17H26N2O3. The van der Waals surface area contributed by atoms with Crippen molar-refractivity contribution in [3.05, 3.63) is 35.9 Å². The lowest BCUT2D eigenvalue weighted by atomic mass is 10.1. The number of rotatable bonds is 6. The predicted octanol–water partition coefficient (Wildman–Crippen LogP) is 1.29. The van der Waals surface area contributed by atoms with Gasteiger partial charge in [0, 0.05) is 39.8 Å². The predicted molar refractivity (Wildman–Crippen MR) is 85.5 cm³/mol. The van der Waals surface area contributed by atoms with E-state index in [-0.39, 0.29) is 12.0 Å². The van der Waals surface area contributed by atoms with Crippen molar-refractivity contribution in [1.82, 2.24) is 9.80 Å². The second-order valence-corrected chi connectivity index (χ2v) is 5.71. The van der Waals surface area contributed by atoms with E-state index in [1.807, 2.05) is 42.2 Å². The Morgan fingerprint density at radius 3 is 2.41 bits per heavy atom. The molecule has 1 fully saturated rings. The fraction of sp³-hybridized carbons (Fsp3) is 0.588. The molecule has 5 nitrogen and oxygen atoms in total. The third-order valence-corrected chi connectivity index (χ3v) is 4.19. The SMILES string of the molecule is CC[C@@H](O)CN1CCN(C(=O)[C@@H](OC)c2ccccc2)CC1. The maximum Gasteiger partial charge on any atom is 0.256 e. The minimum absolute atomic E-state index is 0.0180. The Morgan fingerprint density at radius 1 is 1.23 bits per heavy atom. The van der Waals surface area contributed by atoms with Crippen molar-refractivity contribution in [3.63, 3.8) is 0 Å². The Labute approximate surface area is 132 Å². The van der Waals surface area contributed by atoms with Crippen molar-refractivity contribution >= 4 is 5.91 Å². The first kappa shape index (κ1) is 16.9. The van der Waals surface area contributed by atoms with Gasteiger partial charge < -0.3 is 14.7 Å². The van der Waals surface area contributed by atoms with Gasteiger partial charge >= 0.3 is 0 Å². The summed E-state index contributed by atoms with van der Waals surface area (Å²) in [6, 6.07) is 9.59. The molecule has 22 heavy (non-hydrogen) atoms. The minimum Gasteiger partial charge on any atom is -0.392 e. The topological polar surface area (TPSA) is 53.0 Å². The number of piperazine rings is 1. The van der Waals surface area contributed by atoms with E-state index in [1.165, 1.54) is 0 Å². The third-order valence-electron chi connectivity index (χ3n) is 4.19. The van der Waals surface area contributed by atoms with E-state index >= 15 is 0 Å². The van der Waals surface area contributed by atoms with Gasteiger partial charge in [0.2, 0.25) is 0 Å². The Bertz CT molecular complexity index is 458. The van der Waals surface area contributed by atoms with Crippen LogP contribution >= 0.6 is 0 Å². The van der Waals surface area contributed by atoms with Crippen LogP contribution in [-0.2, 0) is 9.53 Å². The van der Waals surface area contributed by atoms with Gasteiger partial charge in [0.25, 0.3) is 5.91 Å². The van der Waals surface area contributed by atoms with Gasteiger partial charge in [-0.3, -0.25) is 9.69 Å². The standard InChI is InChI=1S/C17H26N2O3/c1-3-15(20)13-18-9-11-19(12-10-18)17(21)16(22-2)14-7-5-4-6-8-14/h4-8,15-16,20H,3,9-13H2,1-2H3/t15-,16+/m1/s1. The molecule has 0 saturated carbocycles. The van der Waals surface area contributed by atoms with Gasteiger partial charge in [0.15, 0.2) is 6.10 Å². The number of benzene rings is 1. The third kappa shape index (κ3) is 4.29. The Morgan fingerprint density at radius 2 is 1.86 bits per heavy atom. The average molecular weight is 306 g/mol. The molecule has 2 rings (SSSR count). The van der Waals surface area contributed by atoms with E-state index in [4.69, 9.17) is 4.74 Å².